The van der Waals surface area contributed by atoms with Crippen molar-refractivity contribution in [3.8, 4) is 23.2 Å². The van der Waals surface area contributed by atoms with Crippen molar-refractivity contribution in [3.63, 3.8) is 0 Å². The number of aryl methyl sites for hydroxylation is 1. The van der Waals surface area contributed by atoms with Crippen LogP contribution in [0.5, 0.6) is 5.88 Å². The lowest BCUT2D eigenvalue weighted by atomic mass is 10.1. The zero-order chi connectivity index (χ0) is 22.5. The number of nitrogens with two attached hydrogens (primary N) is 1. The Hall–Kier alpha value is -3.56. The summed E-state index contributed by atoms with van der Waals surface area (Å²) in [6, 6.07) is 5.41. The number of ether oxygens (including phenoxy) is 1. The van der Waals surface area contributed by atoms with E-state index in [1.54, 1.807) is 14.0 Å². The molecule has 0 radical (unpaired) electrons. The summed E-state index contributed by atoms with van der Waals surface area (Å²) in [5.74, 6) is -0.711. The fraction of sp³-hybridized carbons (Fsp3) is 0.263. The van der Waals surface area contributed by atoms with Gasteiger partial charge in [-0.1, -0.05) is 0 Å². The predicted molar refractivity (Wildman–Crippen MR) is 107 cm³/mol. The quantitative estimate of drug-likeness (QED) is 0.554. The Morgan fingerprint density at radius 2 is 2.10 bits per heavy atom. The van der Waals surface area contributed by atoms with Gasteiger partial charge in [-0.15, -0.1) is 0 Å². The average molecular weight is 443 g/mol. The molecule has 1 aliphatic rings. The highest BCUT2D eigenvalue weighted by Gasteiger charge is 2.31. The van der Waals surface area contributed by atoms with Crippen LogP contribution in [-0.4, -0.2) is 39.5 Å². The van der Waals surface area contributed by atoms with E-state index in [2.05, 4.69) is 21.1 Å². The number of hydrogen-bond donors (Lipinski definition) is 1. The minimum atomic E-state index is -4.05. The van der Waals surface area contributed by atoms with Crippen LogP contribution in [0.4, 0.5) is 10.2 Å². The Balaban J connectivity index is 2.03. The molecule has 2 bridgehead atoms. The van der Waals surface area contributed by atoms with Crippen LogP contribution in [0.2, 0.25) is 0 Å². The molecular weight excluding hydrogens is 425 g/mol. The van der Waals surface area contributed by atoms with Crippen LogP contribution >= 0.6 is 0 Å². The van der Waals surface area contributed by atoms with Gasteiger partial charge >= 0.3 is 0 Å². The van der Waals surface area contributed by atoms with Gasteiger partial charge in [0.15, 0.2) is 5.82 Å². The predicted octanol–water partition coefficient (Wildman–Crippen LogP) is 1.74. The van der Waals surface area contributed by atoms with Gasteiger partial charge in [0.25, 0.3) is 5.88 Å². The van der Waals surface area contributed by atoms with Gasteiger partial charge in [-0.05, 0) is 25.1 Å². The van der Waals surface area contributed by atoms with Crippen LogP contribution in [0.1, 0.15) is 30.0 Å². The molecule has 1 aromatic carbocycles. The Kier molecular flexibility index (Phi) is 4.87. The van der Waals surface area contributed by atoms with E-state index in [4.69, 9.17) is 10.5 Å². The number of nitrogens with zero attached hydrogens (tertiary/aromatic N) is 6. The summed E-state index contributed by atoms with van der Waals surface area (Å²) in [5.41, 5.74) is 7.08. The van der Waals surface area contributed by atoms with E-state index in [1.807, 2.05) is 0 Å². The lowest BCUT2D eigenvalue weighted by Crippen LogP contribution is -2.29. The molecule has 0 saturated heterocycles. The third-order valence-corrected chi connectivity index (χ3v) is 6.88. The van der Waals surface area contributed by atoms with Crippen LogP contribution in [0.15, 0.2) is 29.3 Å². The van der Waals surface area contributed by atoms with Gasteiger partial charge in [0.2, 0.25) is 10.0 Å². The lowest BCUT2D eigenvalue weighted by Gasteiger charge is -2.23. The first-order valence-electron chi connectivity index (χ1n) is 9.14. The highest BCUT2D eigenvalue weighted by Crippen LogP contribution is 2.35. The number of benzene rings is 1. The number of halogens is 1. The number of aromatic nitrogens is 4. The maximum Gasteiger partial charge on any atom is 0.258 e. The molecule has 1 unspecified atom stereocenters. The van der Waals surface area contributed by atoms with Gasteiger partial charge in [0.05, 0.1) is 34.6 Å². The Bertz CT molecular complexity index is 1350. The fourth-order valence-corrected chi connectivity index (χ4v) is 4.83. The summed E-state index contributed by atoms with van der Waals surface area (Å²) in [7, 11) is -1.11. The van der Waals surface area contributed by atoms with E-state index in [1.165, 1.54) is 24.0 Å². The molecule has 2 N–H and O–H groups in total. The number of hydrogen-bond acceptors (Lipinski definition) is 8. The summed E-state index contributed by atoms with van der Waals surface area (Å²) in [4.78, 5) is 8.39. The molecule has 12 heteroatoms. The molecule has 0 fully saturated rings. The number of fused-ring (bicyclic) bond motifs is 5. The number of nitrogen functional groups attached to an aromatic ring is 1. The number of sulfonamides is 1. The summed E-state index contributed by atoms with van der Waals surface area (Å²) in [6.45, 7) is 1.41. The summed E-state index contributed by atoms with van der Waals surface area (Å²) in [5, 5.41) is 13.9. The van der Waals surface area contributed by atoms with Gasteiger partial charge in [-0.2, -0.15) is 14.7 Å². The standard InChI is InChI=1S/C19H18FN7O3S/c1-10-12-6-11(20)4-5-16(12)31(28,29)26(2)9-14-17(15(7-21)27(3)25-14)13-8-23-18(22)19(24-13)30-10/h4-6,8,10H,9H2,1-3H3,(H2,22,23). The largest absolute Gasteiger partial charge is 0.467 e. The molecule has 3 heterocycles. The summed E-state index contributed by atoms with van der Waals surface area (Å²) in [6.07, 6.45) is 0.450. The number of rotatable bonds is 0. The lowest BCUT2D eigenvalue weighted by molar-refractivity contribution is 0.214. The third kappa shape index (κ3) is 3.37. The van der Waals surface area contributed by atoms with Crippen molar-refractivity contribution in [2.45, 2.75) is 24.5 Å². The van der Waals surface area contributed by atoms with E-state index < -0.39 is 21.9 Å². The Morgan fingerprint density at radius 1 is 1.35 bits per heavy atom. The van der Waals surface area contributed by atoms with Crippen molar-refractivity contribution in [2.24, 2.45) is 7.05 Å². The van der Waals surface area contributed by atoms with E-state index in [-0.39, 0.29) is 40.1 Å². The van der Waals surface area contributed by atoms with Gasteiger partial charge in [0.1, 0.15) is 23.7 Å². The SMILES string of the molecule is CC1Oc2nc(cnc2N)-c2c(nn(C)c2C#N)CN(C)S(=O)(=O)c2ccc(F)cc21. The molecular formula is C19H18FN7O3S. The topological polar surface area (TPSA) is 140 Å². The fourth-order valence-electron chi connectivity index (χ4n) is 3.44. The molecule has 4 rings (SSSR count). The molecule has 0 saturated carbocycles. The van der Waals surface area contributed by atoms with Crippen molar-refractivity contribution in [1.29, 1.82) is 5.26 Å². The van der Waals surface area contributed by atoms with Crippen LogP contribution in [-0.2, 0) is 23.6 Å². The van der Waals surface area contributed by atoms with Gasteiger partial charge < -0.3 is 10.5 Å². The zero-order valence-electron chi connectivity index (χ0n) is 16.9. The van der Waals surface area contributed by atoms with Crippen molar-refractivity contribution < 1.29 is 17.5 Å². The van der Waals surface area contributed by atoms with Gasteiger partial charge in [0, 0.05) is 19.7 Å². The molecule has 1 aliphatic heterocycles. The molecule has 31 heavy (non-hydrogen) atoms. The van der Waals surface area contributed by atoms with Crippen LogP contribution in [0, 0.1) is 17.1 Å². The van der Waals surface area contributed by atoms with Crippen LogP contribution in [0.25, 0.3) is 11.3 Å². The first-order chi connectivity index (χ1) is 14.6. The summed E-state index contributed by atoms with van der Waals surface area (Å²) < 4.78 is 48.9. The second-order valence-electron chi connectivity index (χ2n) is 7.05. The maximum absolute atomic E-state index is 14.0. The molecule has 3 aromatic rings. The molecule has 0 aliphatic carbocycles. The molecule has 0 amide bonds. The molecule has 0 spiro atoms. The second-order valence-corrected chi connectivity index (χ2v) is 9.07. The first-order valence-corrected chi connectivity index (χ1v) is 10.6. The third-order valence-electron chi connectivity index (χ3n) is 5.01. The van der Waals surface area contributed by atoms with Gasteiger partial charge in [-0.3, -0.25) is 4.68 Å². The smallest absolute Gasteiger partial charge is 0.258 e. The van der Waals surface area contributed by atoms with E-state index in [9.17, 15) is 18.1 Å². The molecule has 10 nitrogen and oxygen atoms in total. The van der Waals surface area contributed by atoms with Crippen molar-refractivity contribution in [2.75, 3.05) is 12.8 Å². The molecule has 2 aromatic heterocycles. The van der Waals surface area contributed by atoms with Crippen molar-refractivity contribution in [1.82, 2.24) is 24.1 Å². The van der Waals surface area contributed by atoms with E-state index in [0.29, 0.717) is 11.3 Å². The Labute approximate surface area is 177 Å². The minimum absolute atomic E-state index is 0.0328. The average Bonchev–Trinajstić information content (AvgIpc) is 3.03. The second kappa shape index (κ2) is 7.29. The monoisotopic (exact) mass is 443 g/mol. The van der Waals surface area contributed by atoms with E-state index in [0.717, 1.165) is 16.4 Å². The van der Waals surface area contributed by atoms with Crippen LogP contribution in [0.3, 0.4) is 0 Å². The van der Waals surface area contributed by atoms with Crippen molar-refractivity contribution in [3.05, 3.63) is 47.2 Å². The highest BCUT2D eigenvalue weighted by atomic mass is 32.2. The number of nitriles is 1. The normalized spacial score (nSPS) is 18.0. The van der Waals surface area contributed by atoms with E-state index >= 15 is 0 Å². The van der Waals surface area contributed by atoms with Gasteiger partial charge in [-0.25, -0.2) is 22.8 Å². The number of anilines is 1. The van der Waals surface area contributed by atoms with Crippen molar-refractivity contribution >= 4 is 15.8 Å². The highest BCUT2D eigenvalue weighted by molar-refractivity contribution is 7.89. The minimum Gasteiger partial charge on any atom is -0.467 e. The van der Waals surface area contributed by atoms with Crippen LogP contribution < -0.4 is 10.5 Å². The molecule has 1 atom stereocenters. The zero-order valence-corrected chi connectivity index (χ0v) is 17.7. The maximum atomic E-state index is 14.0. The summed E-state index contributed by atoms with van der Waals surface area (Å²) >= 11 is 0. The molecule has 160 valence electrons. The first kappa shape index (κ1) is 20.7. The Morgan fingerprint density at radius 3 is 2.81 bits per heavy atom.